The van der Waals surface area contributed by atoms with Crippen LogP contribution in [-0.2, 0) is 12.6 Å². The number of hydrogen-bond donors (Lipinski definition) is 1. The van der Waals surface area contributed by atoms with Crippen molar-refractivity contribution < 1.29 is 22.3 Å². The van der Waals surface area contributed by atoms with E-state index in [1.54, 1.807) is 0 Å². The number of alkyl halides is 3. The SMILES string of the molecule is Fc1cc(Oc2cc(C(F)(F)F)ccn2)ccc1CCNc1ncnc2ccccc12. The molecule has 0 radical (unpaired) electrons. The summed E-state index contributed by atoms with van der Waals surface area (Å²) in [5, 5.41) is 4.04. The van der Waals surface area contributed by atoms with Gasteiger partial charge in [0.2, 0.25) is 5.88 Å². The Kier molecular flexibility index (Phi) is 5.66. The molecule has 1 N–H and O–H groups in total. The van der Waals surface area contributed by atoms with Crippen LogP contribution in [0.2, 0.25) is 0 Å². The fourth-order valence-electron chi connectivity index (χ4n) is 3.02. The second-order valence-electron chi connectivity index (χ2n) is 6.65. The van der Waals surface area contributed by atoms with E-state index in [9.17, 15) is 17.6 Å². The van der Waals surface area contributed by atoms with Crippen molar-refractivity contribution >= 4 is 16.7 Å². The number of halogens is 4. The highest BCUT2D eigenvalue weighted by Gasteiger charge is 2.31. The average Bonchev–Trinajstić information content (AvgIpc) is 2.75. The molecule has 0 unspecified atom stereocenters. The second kappa shape index (κ2) is 8.55. The number of aromatic nitrogens is 3. The lowest BCUT2D eigenvalue weighted by molar-refractivity contribution is -0.137. The second-order valence-corrected chi connectivity index (χ2v) is 6.65. The molecule has 9 heteroatoms. The summed E-state index contributed by atoms with van der Waals surface area (Å²) < 4.78 is 58.1. The molecule has 4 aromatic rings. The van der Waals surface area contributed by atoms with Gasteiger partial charge in [0.05, 0.1) is 11.1 Å². The Labute approximate surface area is 174 Å². The maximum Gasteiger partial charge on any atom is 0.416 e. The Bertz CT molecular complexity index is 1210. The zero-order chi connectivity index (χ0) is 21.8. The smallest absolute Gasteiger partial charge is 0.416 e. The fraction of sp³-hybridized carbons (Fsp3) is 0.136. The highest BCUT2D eigenvalue weighted by Crippen LogP contribution is 2.32. The standard InChI is InChI=1S/C22H16F4N4O/c23-18-12-16(31-20-11-15(8-10-27-20)22(24,25)26)6-5-14(18)7-9-28-21-17-3-1-2-4-19(17)29-13-30-21/h1-6,8,10-13H,7,9H2,(H,28,29,30). The molecular formula is C22H16F4N4O. The van der Waals surface area contributed by atoms with Crippen molar-refractivity contribution in [2.75, 3.05) is 11.9 Å². The van der Waals surface area contributed by atoms with Crippen LogP contribution < -0.4 is 10.1 Å². The number of fused-ring (bicyclic) bond motifs is 1. The molecule has 5 nitrogen and oxygen atoms in total. The van der Waals surface area contributed by atoms with Crippen LogP contribution in [0.15, 0.2) is 67.1 Å². The van der Waals surface area contributed by atoms with Gasteiger partial charge in [-0.15, -0.1) is 0 Å². The molecule has 2 aromatic carbocycles. The summed E-state index contributed by atoms with van der Waals surface area (Å²) in [6.45, 7) is 0.424. The number of benzene rings is 2. The maximum absolute atomic E-state index is 14.5. The number of rotatable bonds is 6. The summed E-state index contributed by atoms with van der Waals surface area (Å²) in [6, 6.07) is 13.3. The van der Waals surface area contributed by atoms with E-state index in [2.05, 4.69) is 20.3 Å². The van der Waals surface area contributed by atoms with Gasteiger partial charge in [0.1, 0.15) is 23.7 Å². The number of nitrogens with one attached hydrogen (secondary N) is 1. The van der Waals surface area contributed by atoms with Crippen molar-refractivity contribution in [3.8, 4) is 11.6 Å². The first-order valence-electron chi connectivity index (χ1n) is 9.33. The van der Waals surface area contributed by atoms with Crippen LogP contribution in [0.3, 0.4) is 0 Å². The van der Waals surface area contributed by atoms with E-state index in [0.29, 0.717) is 24.3 Å². The lowest BCUT2D eigenvalue weighted by Crippen LogP contribution is -2.08. The van der Waals surface area contributed by atoms with Crippen molar-refractivity contribution in [3.05, 3.63) is 84.1 Å². The Morgan fingerprint density at radius 3 is 2.58 bits per heavy atom. The Morgan fingerprint density at radius 2 is 1.77 bits per heavy atom. The monoisotopic (exact) mass is 428 g/mol. The van der Waals surface area contributed by atoms with Crippen molar-refractivity contribution in [1.29, 1.82) is 0 Å². The molecule has 2 aromatic heterocycles. The van der Waals surface area contributed by atoms with Gasteiger partial charge >= 0.3 is 6.18 Å². The molecule has 0 aliphatic heterocycles. The number of hydrogen-bond acceptors (Lipinski definition) is 5. The van der Waals surface area contributed by atoms with E-state index in [1.807, 2.05) is 24.3 Å². The van der Waals surface area contributed by atoms with E-state index >= 15 is 0 Å². The third kappa shape index (κ3) is 4.88. The number of nitrogens with zero attached hydrogens (tertiary/aromatic N) is 3. The molecule has 0 saturated heterocycles. The molecule has 0 aliphatic rings. The van der Waals surface area contributed by atoms with Crippen LogP contribution in [0.1, 0.15) is 11.1 Å². The van der Waals surface area contributed by atoms with Gasteiger partial charge in [-0.3, -0.25) is 0 Å². The molecule has 158 valence electrons. The number of pyridine rings is 1. The first-order valence-corrected chi connectivity index (χ1v) is 9.33. The lowest BCUT2D eigenvalue weighted by Gasteiger charge is -2.11. The minimum Gasteiger partial charge on any atom is -0.439 e. The number of ether oxygens (including phenoxy) is 1. The van der Waals surface area contributed by atoms with Gasteiger partial charge in [-0.25, -0.2) is 19.3 Å². The summed E-state index contributed by atoms with van der Waals surface area (Å²) in [7, 11) is 0. The van der Waals surface area contributed by atoms with Crippen LogP contribution in [0, 0.1) is 5.82 Å². The molecule has 0 spiro atoms. The fourth-order valence-corrected chi connectivity index (χ4v) is 3.02. The predicted octanol–water partition coefficient (Wildman–Crippen LogP) is 5.63. The summed E-state index contributed by atoms with van der Waals surface area (Å²) in [4.78, 5) is 12.2. The van der Waals surface area contributed by atoms with Gasteiger partial charge < -0.3 is 10.1 Å². The Hall–Kier alpha value is -3.75. The van der Waals surface area contributed by atoms with Gasteiger partial charge in [0.25, 0.3) is 0 Å². The normalized spacial score (nSPS) is 11.5. The molecule has 4 rings (SSSR count). The molecule has 0 saturated carbocycles. The minimum absolute atomic E-state index is 0.0582. The van der Waals surface area contributed by atoms with Gasteiger partial charge in [0.15, 0.2) is 0 Å². The van der Waals surface area contributed by atoms with E-state index in [1.165, 1.54) is 18.5 Å². The van der Waals surface area contributed by atoms with E-state index in [4.69, 9.17) is 4.74 Å². The van der Waals surface area contributed by atoms with Crippen LogP contribution in [-0.4, -0.2) is 21.5 Å². The minimum atomic E-state index is -4.52. The van der Waals surface area contributed by atoms with Gasteiger partial charge in [-0.2, -0.15) is 13.2 Å². The molecule has 0 fully saturated rings. The highest BCUT2D eigenvalue weighted by atomic mass is 19.4. The average molecular weight is 428 g/mol. The van der Waals surface area contributed by atoms with Crippen LogP contribution in [0.4, 0.5) is 23.4 Å². The van der Waals surface area contributed by atoms with E-state index in [0.717, 1.165) is 35.3 Å². The first kappa shape index (κ1) is 20.5. The quantitative estimate of drug-likeness (QED) is 0.404. The number of para-hydroxylation sites is 1. The third-order valence-corrected chi connectivity index (χ3v) is 4.54. The van der Waals surface area contributed by atoms with Gasteiger partial charge in [-0.1, -0.05) is 18.2 Å². The summed E-state index contributed by atoms with van der Waals surface area (Å²) in [6.07, 6.45) is -1.70. The lowest BCUT2D eigenvalue weighted by atomic mass is 10.1. The van der Waals surface area contributed by atoms with Crippen LogP contribution >= 0.6 is 0 Å². The molecule has 0 amide bonds. The largest absolute Gasteiger partial charge is 0.439 e. The van der Waals surface area contributed by atoms with Crippen molar-refractivity contribution in [3.63, 3.8) is 0 Å². The maximum atomic E-state index is 14.5. The van der Waals surface area contributed by atoms with Crippen molar-refractivity contribution in [1.82, 2.24) is 15.0 Å². The van der Waals surface area contributed by atoms with Gasteiger partial charge in [-0.05, 0) is 36.2 Å². The highest BCUT2D eigenvalue weighted by molar-refractivity contribution is 5.88. The molecule has 0 bridgehead atoms. The third-order valence-electron chi connectivity index (χ3n) is 4.54. The Balaban J connectivity index is 1.41. The van der Waals surface area contributed by atoms with Crippen LogP contribution in [0.5, 0.6) is 11.6 Å². The van der Waals surface area contributed by atoms with Crippen molar-refractivity contribution in [2.24, 2.45) is 0 Å². The van der Waals surface area contributed by atoms with Gasteiger partial charge in [0, 0.05) is 30.3 Å². The molecule has 31 heavy (non-hydrogen) atoms. The predicted molar refractivity (Wildman–Crippen MR) is 107 cm³/mol. The summed E-state index contributed by atoms with van der Waals surface area (Å²) in [5.74, 6) is -0.0810. The first-order chi connectivity index (χ1) is 14.9. The van der Waals surface area contributed by atoms with Crippen molar-refractivity contribution in [2.45, 2.75) is 12.6 Å². The summed E-state index contributed by atoms with van der Waals surface area (Å²) >= 11 is 0. The zero-order valence-corrected chi connectivity index (χ0v) is 16.0. The van der Waals surface area contributed by atoms with E-state index in [-0.39, 0.29) is 11.6 Å². The molecule has 0 aliphatic carbocycles. The zero-order valence-electron chi connectivity index (χ0n) is 16.0. The molecular weight excluding hydrogens is 412 g/mol. The number of anilines is 1. The van der Waals surface area contributed by atoms with E-state index < -0.39 is 17.6 Å². The summed E-state index contributed by atoms with van der Waals surface area (Å²) in [5.41, 5.74) is 0.337. The molecule has 2 heterocycles. The Morgan fingerprint density at radius 1 is 0.935 bits per heavy atom. The molecule has 0 atom stereocenters. The topological polar surface area (TPSA) is 59.9 Å². The van der Waals surface area contributed by atoms with Crippen LogP contribution in [0.25, 0.3) is 10.9 Å².